The number of amides is 1. The molecule has 0 saturated heterocycles. The van der Waals surface area contributed by atoms with Gasteiger partial charge in [0.25, 0.3) is 0 Å². The maximum absolute atomic E-state index is 11.8. The molecule has 1 fully saturated rings. The molecule has 0 aliphatic heterocycles. The fourth-order valence-electron chi connectivity index (χ4n) is 2.50. The van der Waals surface area contributed by atoms with Crippen LogP contribution < -0.4 is 5.32 Å². The van der Waals surface area contributed by atoms with E-state index in [2.05, 4.69) is 5.32 Å². The SMILES string of the molecule is CC(C)(C)OC(=O)N[C@@H]1CCCCC[C@H]1CC(=O)O. The van der Waals surface area contributed by atoms with E-state index < -0.39 is 17.7 Å². The van der Waals surface area contributed by atoms with Gasteiger partial charge in [0.1, 0.15) is 5.60 Å². The number of carbonyl (C=O) groups excluding carboxylic acids is 1. The Hall–Kier alpha value is -1.26. The highest BCUT2D eigenvalue weighted by Crippen LogP contribution is 2.26. The average molecular weight is 271 g/mol. The Labute approximate surface area is 114 Å². The second-order valence-electron chi connectivity index (χ2n) is 6.25. The molecular weight excluding hydrogens is 246 g/mol. The van der Waals surface area contributed by atoms with Crippen molar-refractivity contribution in [1.82, 2.24) is 5.32 Å². The smallest absolute Gasteiger partial charge is 0.407 e. The predicted molar refractivity (Wildman–Crippen MR) is 72.0 cm³/mol. The first-order valence-corrected chi connectivity index (χ1v) is 6.99. The highest BCUT2D eigenvalue weighted by atomic mass is 16.6. The topological polar surface area (TPSA) is 75.6 Å². The van der Waals surface area contributed by atoms with E-state index in [1.54, 1.807) is 0 Å². The van der Waals surface area contributed by atoms with Crippen molar-refractivity contribution in [3.8, 4) is 0 Å². The molecule has 19 heavy (non-hydrogen) atoms. The number of carboxylic acids is 1. The minimum atomic E-state index is -0.803. The van der Waals surface area contributed by atoms with E-state index in [4.69, 9.17) is 9.84 Å². The summed E-state index contributed by atoms with van der Waals surface area (Å²) in [6.07, 6.45) is 4.50. The summed E-state index contributed by atoms with van der Waals surface area (Å²) in [6, 6.07) is -0.0894. The van der Waals surface area contributed by atoms with Gasteiger partial charge >= 0.3 is 12.1 Å². The lowest BCUT2D eigenvalue weighted by molar-refractivity contribution is -0.138. The summed E-state index contributed by atoms with van der Waals surface area (Å²) in [4.78, 5) is 22.7. The molecule has 5 nitrogen and oxygen atoms in total. The summed E-state index contributed by atoms with van der Waals surface area (Å²) < 4.78 is 5.24. The van der Waals surface area contributed by atoms with Gasteiger partial charge in [-0.25, -0.2) is 4.79 Å². The van der Waals surface area contributed by atoms with Gasteiger partial charge in [0.15, 0.2) is 0 Å². The molecular formula is C14H25NO4. The van der Waals surface area contributed by atoms with Gasteiger partial charge in [-0.1, -0.05) is 19.3 Å². The summed E-state index contributed by atoms with van der Waals surface area (Å²) in [7, 11) is 0. The highest BCUT2D eigenvalue weighted by Gasteiger charge is 2.28. The van der Waals surface area contributed by atoms with Crippen LogP contribution in [-0.4, -0.2) is 28.8 Å². The van der Waals surface area contributed by atoms with Crippen molar-refractivity contribution < 1.29 is 19.4 Å². The monoisotopic (exact) mass is 271 g/mol. The zero-order valence-electron chi connectivity index (χ0n) is 12.1. The van der Waals surface area contributed by atoms with E-state index in [1.807, 2.05) is 20.8 Å². The first kappa shape index (κ1) is 15.8. The Morgan fingerprint density at radius 3 is 2.42 bits per heavy atom. The minimum absolute atomic E-state index is 0.00696. The number of rotatable bonds is 3. The van der Waals surface area contributed by atoms with Gasteiger partial charge in [0.05, 0.1) is 6.42 Å². The molecule has 5 heteroatoms. The van der Waals surface area contributed by atoms with E-state index in [1.165, 1.54) is 0 Å². The van der Waals surface area contributed by atoms with Crippen LogP contribution in [0.3, 0.4) is 0 Å². The van der Waals surface area contributed by atoms with Gasteiger partial charge in [0.2, 0.25) is 0 Å². The minimum Gasteiger partial charge on any atom is -0.481 e. The molecule has 0 bridgehead atoms. The molecule has 0 aromatic heterocycles. The van der Waals surface area contributed by atoms with Crippen LogP contribution in [0.25, 0.3) is 0 Å². The van der Waals surface area contributed by atoms with Crippen molar-refractivity contribution in [2.45, 2.75) is 70.9 Å². The molecule has 1 amide bonds. The Kier molecular flexibility index (Phi) is 5.63. The molecule has 1 saturated carbocycles. The lowest BCUT2D eigenvalue weighted by Gasteiger charge is -2.27. The van der Waals surface area contributed by atoms with E-state index in [9.17, 15) is 9.59 Å². The molecule has 110 valence electrons. The summed E-state index contributed by atoms with van der Waals surface area (Å²) >= 11 is 0. The molecule has 0 radical (unpaired) electrons. The van der Waals surface area contributed by atoms with Gasteiger partial charge in [-0.2, -0.15) is 0 Å². The number of carbonyl (C=O) groups is 2. The van der Waals surface area contributed by atoms with Crippen molar-refractivity contribution in [2.24, 2.45) is 5.92 Å². The van der Waals surface area contributed by atoms with E-state index in [0.717, 1.165) is 32.1 Å². The van der Waals surface area contributed by atoms with Gasteiger partial charge in [-0.05, 0) is 39.5 Å². The Morgan fingerprint density at radius 1 is 1.21 bits per heavy atom. The molecule has 1 aliphatic rings. The molecule has 0 spiro atoms. The zero-order chi connectivity index (χ0) is 14.5. The van der Waals surface area contributed by atoms with Crippen molar-refractivity contribution in [2.75, 3.05) is 0 Å². The quantitative estimate of drug-likeness (QED) is 0.774. The standard InChI is InChI=1S/C14H25NO4/c1-14(2,3)19-13(18)15-11-8-6-4-5-7-10(11)9-12(16)17/h10-11H,4-9H2,1-3H3,(H,15,18)(H,16,17)/t10-,11+/m0/s1. The van der Waals surface area contributed by atoms with Crippen LogP contribution in [0.2, 0.25) is 0 Å². The second-order valence-corrected chi connectivity index (χ2v) is 6.25. The summed E-state index contributed by atoms with van der Waals surface area (Å²) in [5.41, 5.74) is -0.531. The van der Waals surface area contributed by atoms with Crippen LogP contribution in [0.1, 0.15) is 59.3 Å². The van der Waals surface area contributed by atoms with Gasteiger partial charge in [-0.15, -0.1) is 0 Å². The summed E-state index contributed by atoms with van der Waals surface area (Å²) in [5.74, 6) is -0.796. The van der Waals surface area contributed by atoms with Crippen LogP contribution in [0.15, 0.2) is 0 Å². The third kappa shape index (κ3) is 6.45. The highest BCUT2D eigenvalue weighted by molar-refractivity contribution is 5.69. The van der Waals surface area contributed by atoms with Crippen molar-refractivity contribution in [3.63, 3.8) is 0 Å². The molecule has 2 N–H and O–H groups in total. The fraction of sp³-hybridized carbons (Fsp3) is 0.857. The maximum atomic E-state index is 11.8. The maximum Gasteiger partial charge on any atom is 0.407 e. The van der Waals surface area contributed by atoms with Gasteiger partial charge in [0, 0.05) is 6.04 Å². The molecule has 0 heterocycles. The first-order valence-electron chi connectivity index (χ1n) is 6.99. The van der Waals surface area contributed by atoms with Crippen LogP contribution in [0.4, 0.5) is 4.79 Å². The third-order valence-electron chi connectivity index (χ3n) is 3.30. The normalized spacial score (nSPS) is 24.4. The second kappa shape index (κ2) is 6.78. The van der Waals surface area contributed by atoms with Crippen LogP contribution >= 0.6 is 0 Å². The number of alkyl carbamates (subject to hydrolysis) is 1. The lowest BCUT2D eigenvalue weighted by Crippen LogP contribution is -2.43. The van der Waals surface area contributed by atoms with E-state index >= 15 is 0 Å². The Morgan fingerprint density at radius 2 is 1.84 bits per heavy atom. The summed E-state index contributed by atoms with van der Waals surface area (Å²) in [6.45, 7) is 5.44. The molecule has 2 atom stereocenters. The Bertz CT molecular complexity index is 322. The van der Waals surface area contributed by atoms with Gasteiger partial charge in [-0.3, -0.25) is 4.79 Å². The largest absolute Gasteiger partial charge is 0.481 e. The molecule has 1 rings (SSSR count). The molecule has 0 aromatic carbocycles. The van der Waals surface area contributed by atoms with Crippen LogP contribution in [0.5, 0.6) is 0 Å². The number of hydrogen-bond acceptors (Lipinski definition) is 3. The van der Waals surface area contributed by atoms with E-state index in [0.29, 0.717) is 0 Å². The third-order valence-corrected chi connectivity index (χ3v) is 3.30. The number of aliphatic carboxylic acids is 1. The Balaban J connectivity index is 2.59. The number of hydrogen-bond donors (Lipinski definition) is 2. The number of carboxylic acid groups (broad SMARTS) is 1. The van der Waals surface area contributed by atoms with E-state index in [-0.39, 0.29) is 18.4 Å². The molecule has 1 aliphatic carbocycles. The average Bonchev–Trinajstić information content (AvgIpc) is 2.41. The first-order chi connectivity index (χ1) is 8.78. The van der Waals surface area contributed by atoms with Gasteiger partial charge < -0.3 is 15.2 Å². The lowest BCUT2D eigenvalue weighted by atomic mass is 9.91. The van der Waals surface area contributed by atoms with Crippen LogP contribution in [0, 0.1) is 5.92 Å². The number of nitrogens with one attached hydrogen (secondary N) is 1. The van der Waals surface area contributed by atoms with Crippen molar-refractivity contribution in [1.29, 1.82) is 0 Å². The van der Waals surface area contributed by atoms with Crippen molar-refractivity contribution >= 4 is 12.1 Å². The predicted octanol–water partition coefficient (Wildman–Crippen LogP) is 2.93. The fourth-order valence-corrected chi connectivity index (χ4v) is 2.50. The van der Waals surface area contributed by atoms with Crippen LogP contribution in [-0.2, 0) is 9.53 Å². The molecule has 0 unspecified atom stereocenters. The summed E-state index contributed by atoms with van der Waals surface area (Å²) in [5, 5.41) is 11.8. The molecule has 0 aromatic rings. The number of ether oxygens (including phenoxy) is 1. The van der Waals surface area contributed by atoms with Crippen molar-refractivity contribution in [3.05, 3.63) is 0 Å². The zero-order valence-corrected chi connectivity index (χ0v) is 12.1.